The molecule has 2 rings (SSSR count). The molecule has 2 aliphatic rings. The molecule has 2 unspecified atom stereocenters. The third-order valence-electron chi connectivity index (χ3n) is 2.50. The van der Waals surface area contributed by atoms with Gasteiger partial charge in [0.15, 0.2) is 5.76 Å². The number of nitrogens with one attached hydrogen (secondary N) is 1. The monoisotopic (exact) mass is 284 g/mol. The van der Waals surface area contributed by atoms with Gasteiger partial charge in [0.2, 0.25) is 5.37 Å². The molecule has 0 radical (unpaired) electrons. The van der Waals surface area contributed by atoms with Crippen LogP contribution in [0.3, 0.4) is 0 Å². The largest absolute Gasteiger partial charge is 0.462 e. The minimum absolute atomic E-state index is 0.117. The molecular formula is C12H14NO5S+. The van der Waals surface area contributed by atoms with Crippen LogP contribution in [0.15, 0.2) is 34.6 Å². The van der Waals surface area contributed by atoms with Crippen LogP contribution in [0.4, 0.5) is 0 Å². The van der Waals surface area contributed by atoms with Gasteiger partial charge in [0.1, 0.15) is 11.1 Å². The van der Waals surface area contributed by atoms with Gasteiger partial charge in [0.25, 0.3) is 0 Å². The van der Waals surface area contributed by atoms with Crippen molar-refractivity contribution in [1.82, 2.24) is 0 Å². The number of hydrogen-bond donors (Lipinski definition) is 2. The van der Waals surface area contributed by atoms with E-state index in [-0.39, 0.29) is 22.3 Å². The zero-order valence-corrected chi connectivity index (χ0v) is 11.3. The maximum atomic E-state index is 11.9. The van der Waals surface area contributed by atoms with E-state index in [1.807, 2.05) is 0 Å². The van der Waals surface area contributed by atoms with Gasteiger partial charge >= 0.3 is 11.9 Å². The van der Waals surface area contributed by atoms with Crippen LogP contribution in [0.25, 0.3) is 0 Å². The highest BCUT2D eigenvalue weighted by atomic mass is 32.2. The summed E-state index contributed by atoms with van der Waals surface area (Å²) in [6.07, 6.45) is 4.89. The first kappa shape index (κ1) is 13.9. The lowest BCUT2D eigenvalue weighted by molar-refractivity contribution is -1.05. The highest BCUT2D eigenvalue weighted by molar-refractivity contribution is 8.04. The fourth-order valence-electron chi connectivity index (χ4n) is 1.79. The number of carbonyl (C=O) groups is 2. The van der Waals surface area contributed by atoms with Crippen LogP contribution in [0.2, 0.25) is 0 Å². The third kappa shape index (κ3) is 2.73. The van der Waals surface area contributed by atoms with E-state index in [9.17, 15) is 14.8 Å². The minimum atomic E-state index is -0.549. The molecule has 102 valence electrons. The van der Waals surface area contributed by atoms with E-state index < -0.39 is 17.3 Å². The molecule has 6 nitrogen and oxygen atoms in total. The minimum Gasteiger partial charge on any atom is -0.462 e. The summed E-state index contributed by atoms with van der Waals surface area (Å²) in [6.45, 7) is 3.19. The molecule has 0 saturated heterocycles. The van der Waals surface area contributed by atoms with Gasteiger partial charge in [-0.05, 0) is 30.8 Å². The van der Waals surface area contributed by atoms with Gasteiger partial charge in [0, 0.05) is 6.92 Å². The van der Waals surface area contributed by atoms with Gasteiger partial charge in [-0.3, -0.25) is 4.79 Å². The zero-order valence-electron chi connectivity index (χ0n) is 10.5. The van der Waals surface area contributed by atoms with E-state index in [0.717, 1.165) is 11.8 Å². The molecule has 19 heavy (non-hydrogen) atoms. The summed E-state index contributed by atoms with van der Waals surface area (Å²) in [5, 5.41) is 9.51. The Morgan fingerprint density at radius 2 is 2.26 bits per heavy atom. The molecule has 0 bridgehead atoms. The molecule has 0 aromatic rings. The summed E-state index contributed by atoms with van der Waals surface area (Å²) in [7, 11) is 0. The number of carbonyl (C=O) groups excluding carboxylic acids is 2. The highest BCUT2D eigenvalue weighted by Crippen LogP contribution is 2.41. The zero-order chi connectivity index (χ0) is 14.0. The van der Waals surface area contributed by atoms with Crippen molar-refractivity contribution >= 4 is 23.7 Å². The molecule has 0 aromatic heterocycles. The Balaban J connectivity index is 2.37. The normalized spacial score (nSPS) is 24.9. The molecule has 2 atom stereocenters. The number of ether oxygens (including phenoxy) is 2. The Bertz CT molecular complexity index is 508. The van der Waals surface area contributed by atoms with Crippen molar-refractivity contribution in [3.63, 3.8) is 0 Å². The van der Waals surface area contributed by atoms with Crippen molar-refractivity contribution in [1.29, 1.82) is 0 Å². The summed E-state index contributed by atoms with van der Waals surface area (Å²) >= 11 is 1.12. The summed E-state index contributed by atoms with van der Waals surface area (Å²) in [5.74, 6) is -0.892. The summed E-state index contributed by atoms with van der Waals surface area (Å²) < 4.78 is 10.0. The van der Waals surface area contributed by atoms with Crippen LogP contribution in [-0.2, 0) is 19.1 Å². The molecular weight excluding hydrogens is 270 g/mol. The van der Waals surface area contributed by atoms with Crippen LogP contribution in [0.5, 0.6) is 0 Å². The second-order valence-electron chi connectivity index (χ2n) is 3.88. The average Bonchev–Trinajstić information content (AvgIpc) is 2.70. The van der Waals surface area contributed by atoms with Crippen molar-refractivity contribution in [2.24, 2.45) is 0 Å². The van der Waals surface area contributed by atoms with Gasteiger partial charge in [0.05, 0.1) is 12.2 Å². The average molecular weight is 284 g/mol. The van der Waals surface area contributed by atoms with Gasteiger partial charge in [-0.1, -0.05) is 0 Å². The summed E-state index contributed by atoms with van der Waals surface area (Å²) in [6, 6.07) is 0. The molecule has 2 heterocycles. The first-order valence-electron chi connectivity index (χ1n) is 5.75. The maximum absolute atomic E-state index is 11.9. The Morgan fingerprint density at radius 3 is 2.89 bits per heavy atom. The van der Waals surface area contributed by atoms with Crippen molar-refractivity contribution in [2.75, 3.05) is 6.61 Å². The second kappa shape index (κ2) is 5.60. The quantitative estimate of drug-likeness (QED) is 0.717. The molecule has 0 spiro atoms. The van der Waals surface area contributed by atoms with E-state index in [1.54, 1.807) is 25.3 Å². The van der Waals surface area contributed by atoms with Crippen molar-refractivity contribution in [2.45, 2.75) is 19.2 Å². The molecule has 0 fully saturated rings. The molecule has 0 aromatic carbocycles. The first-order valence-corrected chi connectivity index (χ1v) is 6.63. The Hall–Kier alpha value is -1.57. The molecule has 0 saturated carbocycles. The SMILES string of the molecule is CCOC(=O)C1=C(OC(C)=O)C2=CC=C[NH+](O)C2S1. The molecule has 2 aliphatic heterocycles. The first-order chi connectivity index (χ1) is 9.04. The van der Waals surface area contributed by atoms with Gasteiger partial charge < -0.3 is 9.47 Å². The van der Waals surface area contributed by atoms with Gasteiger partial charge in [-0.2, -0.15) is 5.06 Å². The van der Waals surface area contributed by atoms with Crippen molar-refractivity contribution < 1.29 is 29.3 Å². The fraction of sp³-hybridized carbons (Fsp3) is 0.333. The lowest BCUT2D eigenvalue weighted by Gasteiger charge is -2.17. The Morgan fingerprint density at radius 1 is 1.53 bits per heavy atom. The van der Waals surface area contributed by atoms with E-state index in [2.05, 4.69) is 0 Å². The second-order valence-corrected chi connectivity index (χ2v) is 4.99. The Labute approximate surface area is 114 Å². The topological polar surface area (TPSA) is 77.3 Å². The van der Waals surface area contributed by atoms with E-state index >= 15 is 0 Å². The molecule has 0 amide bonds. The summed E-state index contributed by atoms with van der Waals surface area (Å²) in [4.78, 5) is 23.2. The van der Waals surface area contributed by atoms with Crippen LogP contribution < -0.4 is 5.06 Å². The Kier molecular flexibility index (Phi) is 4.08. The van der Waals surface area contributed by atoms with Crippen LogP contribution in [-0.4, -0.2) is 29.1 Å². The van der Waals surface area contributed by atoms with Crippen molar-refractivity contribution in [3.8, 4) is 0 Å². The number of fused-ring (bicyclic) bond motifs is 1. The number of hydroxylamine groups is 2. The standard InChI is InChI=1S/C12H13NO5S/c1-3-17-12(15)10-9(18-7(2)14)8-5-4-6-13(16)11(8)19-10/h4-6,11,16H,3H2,1-2H3/p+1. The third-order valence-corrected chi connectivity index (χ3v) is 3.82. The smallest absolute Gasteiger partial charge is 0.348 e. The number of hydrogen-bond acceptors (Lipinski definition) is 6. The van der Waals surface area contributed by atoms with E-state index in [1.165, 1.54) is 6.92 Å². The predicted octanol–water partition coefficient (Wildman–Crippen LogP) is 0.125. The number of quaternary nitrogens is 1. The number of esters is 2. The highest BCUT2D eigenvalue weighted by Gasteiger charge is 2.43. The molecule has 2 N–H and O–H groups in total. The number of rotatable bonds is 3. The lowest BCUT2D eigenvalue weighted by Crippen LogP contribution is -3.09. The maximum Gasteiger partial charge on any atom is 0.348 e. The predicted molar refractivity (Wildman–Crippen MR) is 66.8 cm³/mol. The lowest BCUT2D eigenvalue weighted by atomic mass is 10.1. The van der Waals surface area contributed by atoms with Crippen LogP contribution >= 0.6 is 11.8 Å². The van der Waals surface area contributed by atoms with Gasteiger partial charge in [-0.15, -0.1) is 0 Å². The van der Waals surface area contributed by atoms with Gasteiger partial charge in [-0.25, -0.2) is 10.0 Å². The molecule has 7 heteroatoms. The van der Waals surface area contributed by atoms with Crippen LogP contribution in [0, 0.1) is 0 Å². The van der Waals surface area contributed by atoms with Crippen LogP contribution in [0.1, 0.15) is 13.8 Å². The number of allylic oxidation sites excluding steroid dienone is 2. The van der Waals surface area contributed by atoms with E-state index in [0.29, 0.717) is 5.57 Å². The van der Waals surface area contributed by atoms with E-state index in [4.69, 9.17) is 9.47 Å². The van der Waals surface area contributed by atoms with Crippen molar-refractivity contribution in [3.05, 3.63) is 34.6 Å². The number of thioether (sulfide) groups is 1. The summed E-state index contributed by atoms with van der Waals surface area (Å²) in [5.41, 5.74) is 0.600. The fourth-order valence-corrected chi connectivity index (χ4v) is 2.96. The molecule has 0 aliphatic carbocycles.